The number of hydrogen-bond donors (Lipinski definition) is 0. The Bertz CT molecular complexity index is 1100. The number of benzene rings is 2. The second-order valence-electron chi connectivity index (χ2n) is 10.2. The number of likely N-dealkylation sites (tertiary alicyclic amines) is 1. The van der Waals surface area contributed by atoms with Crippen molar-refractivity contribution in [3.63, 3.8) is 0 Å². The molecule has 0 aromatic heterocycles. The molecule has 8 nitrogen and oxygen atoms in total. The van der Waals surface area contributed by atoms with Crippen LogP contribution >= 0.6 is 0 Å². The lowest BCUT2D eigenvalue weighted by atomic mass is 9.82. The molecule has 0 unspecified atom stereocenters. The number of nitrogens with zero attached hydrogens (tertiary/aromatic N) is 2. The molecule has 0 radical (unpaired) electrons. The molecule has 2 aliphatic heterocycles. The Morgan fingerprint density at radius 1 is 0.949 bits per heavy atom. The fraction of sp³-hybridized carbons (Fsp3) is 0.548. The van der Waals surface area contributed by atoms with Crippen LogP contribution in [0.2, 0.25) is 0 Å². The first-order valence-corrected chi connectivity index (χ1v) is 14.2. The lowest BCUT2D eigenvalue weighted by Gasteiger charge is -2.30. The summed E-state index contributed by atoms with van der Waals surface area (Å²) in [4.78, 5) is 31.4. The monoisotopic (exact) mass is 538 g/mol. The standard InChI is InChI=1S/C31H42N2O6/c1-5-8-16-32(17-9-6-2)28(34)20-33-19-25(23-12-15-26-27(18-23)39-21-38-26)29(31(35)37-7-3)30(33)22-10-13-24(36-4)14-11-22/h10-15,18,25,29-30H,5-9,16-17,19-21H2,1-4H3/t25-,29-,30-/m1/s1. The predicted molar refractivity (Wildman–Crippen MR) is 149 cm³/mol. The summed E-state index contributed by atoms with van der Waals surface area (Å²) in [5.74, 6) is 1.28. The molecule has 1 saturated heterocycles. The van der Waals surface area contributed by atoms with Gasteiger partial charge in [0.1, 0.15) is 5.75 Å². The molecule has 39 heavy (non-hydrogen) atoms. The number of esters is 1. The van der Waals surface area contributed by atoms with E-state index >= 15 is 0 Å². The van der Waals surface area contributed by atoms with Gasteiger partial charge in [-0.3, -0.25) is 14.5 Å². The van der Waals surface area contributed by atoms with Crippen molar-refractivity contribution in [2.75, 3.05) is 46.7 Å². The lowest BCUT2D eigenvalue weighted by molar-refractivity contribution is -0.150. The van der Waals surface area contributed by atoms with E-state index < -0.39 is 5.92 Å². The molecule has 2 aromatic rings. The molecule has 0 N–H and O–H groups in total. The smallest absolute Gasteiger partial charge is 0.311 e. The molecule has 1 fully saturated rings. The summed E-state index contributed by atoms with van der Waals surface area (Å²) in [6.07, 6.45) is 4.02. The summed E-state index contributed by atoms with van der Waals surface area (Å²) in [5, 5.41) is 0. The quantitative estimate of drug-likeness (QED) is 0.326. The summed E-state index contributed by atoms with van der Waals surface area (Å²) in [5.41, 5.74) is 1.93. The van der Waals surface area contributed by atoms with Crippen LogP contribution in [-0.2, 0) is 14.3 Å². The van der Waals surface area contributed by atoms with Crippen molar-refractivity contribution in [3.8, 4) is 17.2 Å². The van der Waals surface area contributed by atoms with Gasteiger partial charge in [0.15, 0.2) is 11.5 Å². The number of ether oxygens (including phenoxy) is 4. The summed E-state index contributed by atoms with van der Waals surface area (Å²) in [6, 6.07) is 13.3. The Morgan fingerprint density at radius 3 is 2.26 bits per heavy atom. The van der Waals surface area contributed by atoms with Crippen molar-refractivity contribution in [2.24, 2.45) is 5.92 Å². The summed E-state index contributed by atoms with van der Waals surface area (Å²) >= 11 is 0. The van der Waals surface area contributed by atoms with E-state index in [1.54, 1.807) is 7.11 Å². The highest BCUT2D eigenvalue weighted by atomic mass is 16.7. The number of carbonyl (C=O) groups is 2. The maximum absolute atomic E-state index is 13.7. The first kappa shape index (κ1) is 28.7. The normalized spacial score (nSPS) is 20.2. The van der Waals surface area contributed by atoms with E-state index in [0.29, 0.717) is 24.7 Å². The van der Waals surface area contributed by atoms with E-state index in [9.17, 15) is 9.59 Å². The average Bonchev–Trinajstić information content (AvgIpc) is 3.57. The molecule has 2 aromatic carbocycles. The van der Waals surface area contributed by atoms with Crippen LogP contribution in [0.4, 0.5) is 0 Å². The molecule has 0 spiro atoms. The summed E-state index contributed by atoms with van der Waals surface area (Å²) < 4.78 is 22.2. The predicted octanol–water partition coefficient (Wildman–Crippen LogP) is 5.17. The number of rotatable bonds is 13. The maximum atomic E-state index is 13.7. The SMILES string of the molecule is CCCCN(CCCC)C(=O)CN1C[C@H](c2ccc3c(c2)OCO3)[C@@H](C(=O)OCC)[C@H]1c1ccc(OC)cc1. The molecule has 3 atom stereocenters. The van der Waals surface area contributed by atoms with E-state index in [-0.39, 0.29) is 37.2 Å². The number of methoxy groups -OCH3 is 1. The zero-order valence-electron chi connectivity index (χ0n) is 23.7. The van der Waals surface area contributed by atoms with Crippen LogP contribution in [0.25, 0.3) is 0 Å². The van der Waals surface area contributed by atoms with Crippen molar-refractivity contribution in [1.29, 1.82) is 0 Å². The summed E-state index contributed by atoms with van der Waals surface area (Å²) in [6.45, 7) is 8.87. The van der Waals surface area contributed by atoms with Gasteiger partial charge in [0.2, 0.25) is 12.7 Å². The van der Waals surface area contributed by atoms with E-state index in [4.69, 9.17) is 18.9 Å². The van der Waals surface area contributed by atoms with E-state index in [2.05, 4.69) is 18.7 Å². The number of hydrogen-bond acceptors (Lipinski definition) is 7. The molecule has 212 valence electrons. The Balaban J connectivity index is 1.71. The van der Waals surface area contributed by atoms with Gasteiger partial charge in [0.25, 0.3) is 0 Å². The van der Waals surface area contributed by atoms with Crippen molar-refractivity contribution in [2.45, 2.75) is 58.4 Å². The van der Waals surface area contributed by atoms with Crippen molar-refractivity contribution in [1.82, 2.24) is 9.80 Å². The minimum absolute atomic E-state index is 0.101. The topological polar surface area (TPSA) is 77.5 Å². The molecule has 8 heteroatoms. The van der Waals surface area contributed by atoms with Crippen molar-refractivity contribution in [3.05, 3.63) is 53.6 Å². The number of unbranched alkanes of at least 4 members (excludes halogenated alkanes) is 2. The average molecular weight is 539 g/mol. The molecular weight excluding hydrogens is 496 g/mol. The molecule has 0 saturated carbocycles. The van der Waals surface area contributed by atoms with Gasteiger partial charge in [-0.1, -0.05) is 44.9 Å². The van der Waals surface area contributed by atoms with Gasteiger partial charge in [-0.2, -0.15) is 0 Å². The third kappa shape index (κ3) is 6.67. The highest BCUT2D eigenvalue weighted by Crippen LogP contribution is 2.48. The molecule has 4 rings (SSSR count). The van der Waals surface area contributed by atoms with E-state index in [1.807, 2.05) is 54.3 Å². The fourth-order valence-electron chi connectivity index (χ4n) is 5.63. The third-order valence-electron chi connectivity index (χ3n) is 7.69. The zero-order valence-corrected chi connectivity index (χ0v) is 23.7. The van der Waals surface area contributed by atoms with Gasteiger partial charge in [0, 0.05) is 31.6 Å². The Morgan fingerprint density at radius 2 is 1.62 bits per heavy atom. The molecule has 2 heterocycles. The molecule has 2 aliphatic rings. The first-order chi connectivity index (χ1) is 19.0. The minimum atomic E-state index is -0.494. The lowest BCUT2D eigenvalue weighted by Crippen LogP contribution is -2.42. The first-order valence-electron chi connectivity index (χ1n) is 14.2. The van der Waals surface area contributed by atoms with Gasteiger partial charge in [0.05, 0.1) is 26.2 Å². The largest absolute Gasteiger partial charge is 0.497 e. The molecule has 1 amide bonds. The molecule has 0 bridgehead atoms. The third-order valence-corrected chi connectivity index (χ3v) is 7.69. The van der Waals surface area contributed by atoms with Crippen molar-refractivity contribution < 1.29 is 28.5 Å². The highest BCUT2D eigenvalue weighted by Gasteiger charge is 2.49. The highest BCUT2D eigenvalue weighted by molar-refractivity contribution is 5.80. The van der Waals surface area contributed by atoms with Crippen LogP contribution in [0.1, 0.15) is 69.5 Å². The minimum Gasteiger partial charge on any atom is -0.497 e. The van der Waals surface area contributed by atoms with Crippen LogP contribution in [0.3, 0.4) is 0 Å². The summed E-state index contributed by atoms with van der Waals surface area (Å²) in [7, 11) is 1.63. The number of carbonyl (C=O) groups excluding carboxylic acids is 2. The van der Waals surface area contributed by atoms with Crippen LogP contribution in [0.5, 0.6) is 17.2 Å². The number of amides is 1. The number of fused-ring (bicyclic) bond motifs is 1. The van der Waals surface area contributed by atoms with Crippen LogP contribution in [0.15, 0.2) is 42.5 Å². The molecule has 0 aliphatic carbocycles. The maximum Gasteiger partial charge on any atom is 0.311 e. The Kier molecular flexibility index (Phi) is 10.1. The Hall–Kier alpha value is -3.26. The molecular formula is C31H42N2O6. The van der Waals surface area contributed by atoms with Crippen LogP contribution in [-0.4, -0.2) is 68.4 Å². The van der Waals surface area contributed by atoms with Gasteiger partial charge in [-0.25, -0.2) is 0 Å². The van der Waals surface area contributed by atoms with Crippen molar-refractivity contribution >= 4 is 11.9 Å². The van der Waals surface area contributed by atoms with Crippen LogP contribution in [0, 0.1) is 5.92 Å². The Labute approximate surface area is 232 Å². The van der Waals surface area contributed by atoms with E-state index in [1.165, 1.54) is 0 Å². The van der Waals surface area contributed by atoms with Gasteiger partial charge in [-0.05, 0) is 55.2 Å². The van der Waals surface area contributed by atoms with Gasteiger partial charge < -0.3 is 23.8 Å². The van der Waals surface area contributed by atoms with Crippen LogP contribution < -0.4 is 14.2 Å². The second-order valence-corrected chi connectivity index (χ2v) is 10.2. The zero-order chi connectivity index (χ0) is 27.8. The fourth-order valence-corrected chi connectivity index (χ4v) is 5.63. The van der Waals surface area contributed by atoms with E-state index in [0.717, 1.165) is 55.6 Å². The van der Waals surface area contributed by atoms with Gasteiger partial charge >= 0.3 is 5.97 Å². The van der Waals surface area contributed by atoms with Gasteiger partial charge in [-0.15, -0.1) is 0 Å². The second kappa shape index (κ2) is 13.7.